The maximum Gasteiger partial charge on any atom is 0.0423 e. The van der Waals surface area contributed by atoms with Crippen LogP contribution in [-0.4, -0.2) is 12.2 Å². The van der Waals surface area contributed by atoms with E-state index in [1.54, 1.807) is 0 Å². The quantitative estimate of drug-likeness (QED) is 0.258. The van der Waals surface area contributed by atoms with Crippen LogP contribution in [0.2, 0.25) is 0 Å². The summed E-state index contributed by atoms with van der Waals surface area (Å²) in [4.78, 5) is 0. The molecule has 4 aromatic carbocycles. The average molecular weight is 436 g/mol. The first-order valence-corrected chi connectivity index (χ1v) is 11.7. The van der Waals surface area contributed by atoms with Crippen LogP contribution in [0.25, 0.3) is 11.1 Å². The predicted octanol–water partition coefficient (Wildman–Crippen LogP) is 7.17. The summed E-state index contributed by atoms with van der Waals surface area (Å²) in [6.07, 6.45) is 4.07. The molecule has 0 aliphatic heterocycles. The lowest BCUT2D eigenvalue weighted by atomic mass is 9.71. The minimum Gasteiger partial charge on any atom is -0.400 e. The first-order valence-electron chi connectivity index (χ1n) is 11.7. The molecular weight excluding hydrogens is 402 g/mol. The Balaban J connectivity index is 0.00000126. The van der Waals surface area contributed by atoms with Gasteiger partial charge in [0.1, 0.15) is 0 Å². The van der Waals surface area contributed by atoms with Gasteiger partial charge in [0.25, 0.3) is 0 Å². The Hall–Kier alpha value is -3.36. The zero-order valence-electron chi connectivity index (χ0n) is 19.5. The maximum absolute atomic E-state index is 7.00. The molecular formula is C31H33NO. The molecule has 1 aliphatic carbocycles. The van der Waals surface area contributed by atoms with E-state index in [4.69, 9.17) is 10.8 Å². The van der Waals surface area contributed by atoms with Crippen molar-refractivity contribution in [3.8, 4) is 11.1 Å². The van der Waals surface area contributed by atoms with Crippen LogP contribution in [0.3, 0.4) is 0 Å². The van der Waals surface area contributed by atoms with Gasteiger partial charge in [-0.1, -0.05) is 97.4 Å². The lowest BCUT2D eigenvalue weighted by Gasteiger charge is -2.32. The van der Waals surface area contributed by atoms with Gasteiger partial charge in [-0.05, 0) is 71.2 Å². The highest BCUT2D eigenvalue weighted by Crippen LogP contribution is 2.40. The minimum atomic E-state index is -0.248. The fraction of sp³-hybridized carbons (Fsp3) is 0.226. The second-order valence-corrected chi connectivity index (χ2v) is 8.94. The Kier molecular flexibility index (Phi) is 6.96. The van der Waals surface area contributed by atoms with Gasteiger partial charge in [0.2, 0.25) is 0 Å². The van der Waals surface area contributed by atoms with E-state index in [2.05, 4.69) is 97.9 Å². The molecule has 33 heavy (non-hydrogen) atoms. The van der Waals surface area contributed by atoms with Gasteiger partial charge in [0.15, 0.2) is 0 Å². The van der Waals surface area contributed by atoms with Crippen LogP contribution in [-0.2, 0) is 5.41 Å². The molecule has 2 heteroatoms. The van der Waals surface area contributed by atoms with Crippen molar-refractivity contribution in [2.45, 2.75) is 37.5 Å². The van der Waals surface area contributed by atoms with E-state index < -0.39 is 0 Å². The number of nitrogens with two attached hydrogens (primary N) is 1. The first-order chi connectivity index (χ1) is 16.1. The van der Waals surface area contributed by atoms with Crippen molar-refractivity contribution in [3.63, 3.8) is 0 Å². The van der Waals surface area contributed by atoms with Crippen molar-refractivity contribution in [2.75, 3.05) is 12.8 Å². The Morgan fingerprint density at radius 2 is 1.09 bits per heavy atom. The zero-order chi connectivity index (χ0) is 23.3. The van der Waals surface area contributed by atoms with Gasteiger partial charge in [0.05, 0.1) is 0 Å². The zero-order valence-corrected chi connectivity index (χ0v) is 19.5. The smallest absolute Gasteiger partial charge is 0.0423 e. The summed E-state index contributed by atoms with van der Waals surface area (Å²) in [5, 5.41) is 7.00. The molecule has 0 saturated heterocycles. The molecule has 0 radical (unpaired) electrons. The molecule has 1 fully saturated rings. The van der Waals surface area contributed by atoms with E-state index in [1.807, 2.05) is 12.1 Å². The number of hydrogen-bond donors (Lipinski definition) is 2. The first kappa shape index (κ1) is 22.8. The number of rotatable bonds is 5. The third-order valence-corrected chi connectivity index (χ3v) is 7.12. The lowest BCUT2D eigenvalue weighted by Crippen LogP contribution is -2.25. The third-order valence-electron chi connectivity index (χ3n) is 7.12. The summed E-state index contributed by atoms with van der Waals surface area (Å²) in [6, 6.07) is 37.3. The second kappa shape index (κ2) is 10.1. The minimum absolute atomic E-state index is 0.248. The Morgan fingerprint density at radius 3 is 1.58 bits per heavy atom. The molecule has 1 aliphatic rings. The largest absolute Gasteiger partial charge is 0.400 e. The predicted molar refractivity (Wildman–Crippen MR) is 139 cm³/mol. The molecule has 1 saturated carbocycles. The maximum atomic E-state index is 7.00. The summed E-state index contributed by atoms with van der Waals surface area (Å²) in [5.74, 6) is 0.780. The topological polar surface area (TPSA) is 46.2 Å². The van der Waals surface area contributed by atoms with Crippen LogP contribution in [0, 0.1) is 0 Å². The van der Waals surface area contributed by atoms with Crippen molar-refractivity contribution < 1.29 is 5.11 Å². The van der Waals surface area contributed by atoms with E-state index in [9.17, 15) is 0 Å². The van der Waals surface area contributed by atoms with Gasteiger partial charge in [0, 0.05) is 18.2 Å². The van der Waals surface area contributed by atoms with Crippen LogP contribution in [0.1, 0.15) is 54.4 Å². The monoisotopic (exact) mass is 435 g/mol. The Morgan fingerprint density at radius 1 is 0.636 bits per heavy atom. The molecule has 0 heterocycles. The van der Waals surface area contributed by atoms with Gasteiger partial charge >= 0.3 is 0 Å². The van der Waals surface area contributed by atoms with Crippen LogP contribution in [0.5, 0.6) is 0 Å². The van der Waals surface area contributed by atoms with Gasteiger partial charge in [-0.3, -0.25) is 0 Å². The van der Waals surface area contributed by atoms with Crippen molar-refractivity contribution >= 4 is 5.69 Å². The van der Waals surface area contributed by atoms with Gasteiger partial charge in [-0.25, -0.2) is 0 Å². The van der Waals surface area contributed by atoms with E-state index in [1.165, 1.54) is 52.6 Å². The summed E-state index contributed by atoms with van der Waals surface area (Å²) in [7, 11) is 1.00. The molecule has 2 nitrogen and oxygen atoms in total. The highest BCUT2D eigenvalue weighted by molar-refractivity contribution is 5.65. The fourth-order valence-electron chi connectivity index (χ4n) is 4.77. The second-order valence-electron chi connectivity index (χ2n) is 8.94. The number of benzene rings is 4. The van der Waals surface area contributed by atoms with E-state index >= 15 is 0 Å². The Bertz CT molecular complexity index is 1140. The van der Waals surface area contributed by atoms with Crippen LogP contribution >= 0.6 is 0 Å². The molecule has 1 atom stereocenters. The van der Waals surface area contributed by atoms with Crippen molar-refractivity contribution in [2.24, 2.45) is 0 Å². The highest BCUT2D eigenvalue weighted by Gasteiger charge is 2.31. The molecule has 0 spiro atoms. The van der Waals surface area contributed by atoms with Crippen molar-refractivity contribution in [1.82, 2.24) is 0 Å². The number of aliphatic hydroxyl groups excluding tert-OH is 1. The van der Waals surface area contributed by atoms with E-state index in [0.29, 0.717) is 0 Å². The van der Waals surface area contributed by atoms with Crippen molar-refractivity contribution in [1.29, 1.82) is 0 Å². The van der Waals surface area contributed by atoms with Gasteiger partial charge in [-0.15, -0.1) is 0 Å². The normalized spacial score (nSPS) is 15.0. The molecule has 1 unspecified atom stereocenters. The SMILES string of the molecule is CC(c1ccccc1)(c1ccc(N)cc1)c1ccc(-c2ccc(C3CCC3)cc2)cc1.CO. The molecule has 3 N–H and O–H groups in total. The standard InChI is InChI=1S/C30H29N.CH4O/c1-30(26-8-3-2-4-9-26,28-18-20-29(31)21-19-28)27-16-14-25(15-17-27)24-12-10-23(11-13-24)22-6-5-7-22;1-2/h2-4,8-22H,5-7,31H2,1H3;2H,1H3. The van der Waals surface area contributed by atoms with Crippen LogP contribution in [0.4, 0.5) is 5.69 Å². The average Bonchev–Trinajstić information content (AvgIpc) is 2.85. The van der Waals surface area contributed by atoms with Crippen molar-refractivity contribution in [3.05, 3.63) is 125 Å². The highest BCUT2D eigenvalue weighted by atomic mass is 16.2. The fourth-order valence-corrected chi connectivity index (χ4v) is 4.77. The molecule has 0 bridgehead atoms. The van der Waals surface area contributed by atoms with E-state index in [0.717, 1.165) is 18.7 Å². The molecule has 0 aromatic heterocycles. The number of hydrogen-bond acceptors (Lipinski definition) is 2. The van der Waals surface area contributed by atoms with E-state index in [-0.39, 0.29) is 5.41 Å². The number of anilines is 1. The summed E-state index contributed by atoms with van der Waals surface area (Å²) in [5.41, 5.74) is 14.3. The summed E-state index contributed by atoms with van der Waals surface area (Å²) >= 11 is 0. The Labute approximate surface area is 197 Å². The summed E-state index contributed by atoms with van der Waals surface area (Å²) < 4.78 is 0. The molecule has 4 aromatic rings. The van der Waals surface area contributed by atoms with Crippen LogP contribution in [0.15, 0.2) is 103 Å². The lowest BCUT2D eigenvalue weighted by molar-refractivity contribution is 0.399. The number of nitrogen functional groups attached to an aromatic ring is 1. The van der Waals surface area contributed by atoms with Crippen LogP contribution < -0.4 is 5.73 Å². The molecule has 5 rings (SSSR count). The molecule has 168 valence electrons. The third kappa shape index (κ3) is 4.58. The molecule has 0 amide bonds. The summed E-state index contributed by atoms with van der Waals surface area (Å²) in [6.45, 7) is 2.30. The number of aliphatic hydroxyl groups is 1. The van der Waals surface area contributed by atoms with Gasteiger partial charge in [-0.2, -0.15) is 0 Å². The van der Waals surface area contributed by atoms with Gasteiger partial charge < -0.3 is 10.8 Å².